The lowest BCUT2D eigenvalue weighted by molar-refractivity contribution is -0.117. The van der Waals surface area contributed by atoms with Crippen LogP contribution in [0.2, 0.25) is 0 Å². The minimum Gasteiger partial charge on any atom is -0.325 e. The van der Waals surface area contributed by atoms with Crippen LogP contribution in [0.1, 0.15) is 22.8 Å². The number of thiophene rings is 1. The Morgan fingerprint density at radius 2 is 2.22 bits per heavy atom. The maximum absolute atomic E-state index is 12.6. The number of nitrogens with zero attached hydrogens (tertiary/aromatic N) is 2. The Hall–Kier alpha value is -2.47. The summed E-state index contributed by atoms with van der Waals surface area (Å²) in [6, 6.07) is 9.76. The predicted molar refractivity (Wildman–Crippen MR) is 90.4 cm³/mol. The number of aromatic nitrogens is 3. The van der Waals surface area contributed by atoms with Gasteiger partial charge in [-0.25, -0.2) is 4.98 Å². The topological polar surface area (TPSA) is 70.7 Å². The molecule has 5 nitrogen and oxygen atoms in total. The Morgan fingerprint density at radius 1 is 1.35 bits per heavy atom. The number of benzene rings is 1. The average molecular weight is 324 g/mol. The number of amides is 1. The first kappa shape index (κ1) is 14.1. The summed E-state index contributed by atoms with van der Waals surface area (Å²) in [5.74, 6) is 1.17. The molecule has 116 valence electrons. The molecule has 4 rings (SSSR count). The van der Waals surface area contributed by atoms with Gasteiger partial charge in [-0.05, 0) is 42.5 Å². The summed E-state index contributed by atoms with van der Waals surface area (Å²) in [5.41, 5.74) is 2.91. The maximum atomic E-state index is 12.6. The lowest BCUT2D eigenvalue weighted by Gasteiger charge is -2.09. The third-order valence-corrected chi connectivity index (χ3v) is 5.37. The van der Waals surface area contributed by atoms with Crippen molar-refractivity contribution in [3.63, 3.8) is 0 Å². The smallest absolute Gasteiger partial charge is 0.228 e. The molecule has 1 saturated carbocycles. The van der Waals surface area contributed by atoms with Crippen molar-refractivity contribution in [2.45, 2.75) is 19.3 Å². The van der Waals surface area contributed by atoms with Gasteiger partial charge in [0.05, 0.1) is 5.69 Å². The van der Waals surface area contributed by atoms with E-state index in [-0.39, 0.29) is 11.8 Å². The number of carbonyl (C=O) groups is 1. The molecular weight excluding hydrogens is 308 g/mol. The third kappa shape index (κ3) is 2.66. The van der Waals surface area contributed by atoms with Crippen LogP contribution in [0, 0.1) is 12.8 Å². The summed E-state index contributed by atoms with van der Waals surface area (Å²) in [5, 5.41) is 11.9. The summed E-state index contributed by atoms with van der Waals surface area (Å²) in [6.07, 6.45) is 2.39. The van der Waals surface area contributed by atoms with Gasteiger partial charge in [0.2, 0.25) is 5.91 Å². The zero-order valence-corrected chi connectivity index (χ0v) is 13.4. The maximum Gasteiger partial charge on any atom is 0.228 e. The highest BCUT2D eigenvalue weighted by atomic mass is 32.1. The van der Waals surface area contributed by atoms with Gasteiger partial charge in [-0.2, -0.15) is 5.10 Å². The van der Waals surface area contributed by atoms with E-state index >= 15 is 0 Å². The summed E-state index contributed by atoms with van der Waals surface area (Å²) in [4.78, 5) is 18.1. The Bertz CT molecular complexity index is 840. The van der Waals surface area contributed by atoms with Crippen LogP contribution >= 0.6 is 11.3 Å². The van der Waals surface area contributed by atoms with Gasteiger partial charge in [0.1, 0.15) is 6.33 Å². The first-order valence-corrected chi connectivity index (χ1v) is 8.41. The van der Waals surface area contributed by atoms with Gasteiger partial charge in [0, 0.05) is 22.3 Å². The van der Waals surface area contributed by atoms with Crippen LogP contribution < -0.4 is 5.32 Å². The van der Waals surface area contributed by atoms with Crippen molar-refractivity contribution >= 4 is 22.9 Å². The molecule has 0 saturated heterocycles. The van der Waals surface area contributed by atoms with E-state index in [2.05, 4.69) is 38.9 Å². The number of para-hydroxylation sites is 1. The fraction of sp³-hybridized carbons (Fsp3) is 0.235. The van der Waals surface area contributed by atoms with Gasteiger partial charge < -0.3 is 5.32 Å². The second-order valence-corrected chi connectivity index (χ2v) is 6.73. The van der Waals surface area contributed by atoms with Gasteiger partial charge in [-0.15, -0.1) is 11.3 Å². The second-order valence-electron chi connectivity index (χ2n) is 5.79. The molecule has 0 radical (unpaired) electrons. The van der Waals surface area contributed by atoms with E-state index in [1.165, 1.54) is 16.8 Å². The van der Waals surface area contributed by atoms with Crippen molar-refractivity contribution < 1.29 is 4.79 Å². The fourth-order valence-corrected chi connectivity index (χ4v) is 4.01. The number of aryl methyl sites for hydroxylation is 1. The van der Waals surface area contributed by atoms with Crippen LogP contribution in [0.25, 0.3) is 11.4 Å². The molecular formula is C17H16N4OS. The number of hydrogen-bond donors (Lipinski definition) is 2. The van der Waals surface area contributed by atoms with Crippen LogP contribution in [0.4, 0.5) is 5.69 Å². The number of rotatable bonds is 4. The summed E-state index contributed by atoms with van der Waals surface area (Å²) < 4.78 is 0. The van der Waals surface area contributed by atoms with Crippen LogP contribution in [0.5, 0.6) is 0 Å². The summed E-state index contributed by atoms with van der Waals surface area (Å²) in [6.45, 7) is 2.11. The Labute approximate surface area is 137 Å². The summed E-state index contributed by atoms with van der Waals surface area (Å²) >= 11 is 1.75. The van der Waals surface area contributed by atoms with Gasteiger partial charge >= 0.3 is 0 Å². The number of carbonyl (C=O) groups excluding carboxylic acids is 1. The van der Waals surface area contributed by atoms with E-state index in [4.69, 9.17) is 0 Å². The molecule has 1 fully saturated rings. The minimum atomic E-state index is 0.0649. The molecule has 0 bridgehead atoms. The second kappa shape index (κ2) is 5.62. The Morgan fingerprint density at radius 3 is 2.96 bits per heavy atom. The highest BCUT2D eigenvalue weighted by Gasteiger charge is 2.45. The first-order chi connectivity index (χ1) is 11.2. The van der Waals surface area contributed by atoms with Crippen LogP contribution in [0.3, 0.4) is 0 Å². The van der Waals surface area contributed by atoms with Crippen LogP contribution in [0.15, 0.2) is 42.0 Å². The monoisotopic (exact) mass is 324 g/mol. The summed E-state index contributed by atoms with van der Waals surface area (Å²) in [7, 11) is 0. The average Bonchev–Trinajstić information content (AvgIpc) is 2.95. The van der Waals surface area contributed by atoms with E-state index in [9.17, 15) is 4.79 Å². The minimum absolute atomic E-state index is 0.0649. The molecule has 0 aliphatic heterocycles. The zero-order chi connectivity index (χ0) is 15.8. The van der Waals surface area contributed by atoms with Gasteiger partial charge in [0.15, 0.2) is 5.82 Å². The van der Waals surface area contributed by atoms with Crippen molar-refractivity contribution in [2.75, 3.05) is 5.32 Å². The zero-order valence-electron chi connectivity index (χ0n) is 12.6. The van der Waals surface area contributed by atoms with E-state index in [0.717, 1.165) is 17.7 Å². The third-order valence-electron chi connectivity index (χ3n) is 4.22. The van der Waals surface area contributed by atoms with E-state index in [1.54, 1.807) is 11.3 Å². The molecule has 2 atom stereocenters. The lowest BCUT2D eigenvalue weighted by Crippen LogP contribution is -2.15. The molecule has 2 aromatic heterocycles. The molecule has 1 aliphatic rings. The molecule has 23 heavy (non-hydrogen) atoms. The molecule has 1 aromatic carbocycles. The Balaban J connectivity index is 1.52. The molecule has 0 unspecified atom stereocenters. The van der Waals surface area contributed by atoms with E-state index in [0.29, 0.717) is 11.7 Å². The van der Waals surface area contributed by atoms with Crippen molar-refractivity contribution in [3.05, 3.63) is 52.5 Å². The van der Waals surface area contributed by atoms with Gasteiger partial charge in [0.25, 0.3) is 0 Å². The lowest BCUT2D eigenvalue weighted by atomic mass is 10.1. The number of nitrogens with one attached hydrogen (secondary N) is 2. The molecule has 3 aromatic rings. The van der Waals surface area contributed by atoms with E-state index < -0.39 is 0 Å². The largest absolute Gasteiger partial charge is 0.325 e. The molecule has 1 amide bonds. The Kier molecular flexibility index (Phi) is 3.46. The molecule has 2 N–H and O–H groups in total. The number of aromatic amines is 1. The SMILES string of the molecule is Cc1ccsc1[C@H]1C[C@H]1C(=O)Nc1ccccc1-c1ncn[nH]1. The molecule has 0 spiro atoms. The van der Waals surface area contributed by atoms with Crippen molar-refractivity contribution in [1.29, 1.82) is 0 Å². The number of anilines is 1. The quantitative estimate of drug-likeness (QED) is 0.770. The van der Waals surface area contributed by atoms with Crippen LogP contribution in [-0.2, 0) is 4.79 Å². The first-order valence-electron chi connectivity index (χ1n) is 7.53. The van der Waals surface area contributed by atoms with Crippen molar-refractivity contribution in [2.24, 2.45) is 5.92 Å². The van der Waals surface area contributed by atoms with Gasteiger partial charge in [-0.1, -0.05) is 12.1 Å². The van der Waals surface area contributed by atoms with Crippen LogP contribution in [-0.4, -0.2) is 21.1 Å². The number of hydrogen-bond acceptors (Lipinski definition) is 4. The van der Waals surface area contributed by atoms with Crippen molar-refractivity contribution in [3.8, 4) is 11.4 Å². The fourth-order valence-electron chi connectivity index (χ4n) is 2.90. The standard InChI is InChI=1S/C17H16N4OS/c1-10-6-7-23-15(10)12-8-13(12)17(22)20-14-5-3-2-4-11(14)16-18-9-19-21-16/h2-7,9,12-13H,8H2,1H3,(H,20,22)(H,18,19,21)/t12-,13+/m0/s1. The molecule has 2 heterocycles. The van der Waals surface area contributed by atoms with Gasteiger partial charge in [-0.3, -0.25) is 9.89 Å². The van der Waals surface area contributed by atoms with Crippen molar-refractivity contribution in [1.82, 2.24) is 15.2 Å². The molecule has 1 aliphatic carbocycles. The highest BCUT2D eigenvalue weighted by molar-refractivity contribution is 7.10. The normalized spacial score (nSPS) is 19.5. The highest BCUT2D eigenvalue weighted by Crippen LogP contribution is 2.50. The molecule has 6 heteroatoms. The number of H-pyrrole nitrogens is 1. The van der Waals surface area contributed by atoms with E-state index in [1.807, 2.05) is 24.3 Å². The predicted octanol–water partition coefficient (Wildman–Crippen LogP) is 3.58.